The molecule has 0 aromatic carbocycles. The van der Waals surface area contributed by atoms with Gasteiger partial charge in [0.1, 0.15) is 0 Å². The molecule has 0 aliphatic rings. The lowest BCUT2D eigenvalue weighted by molar-refractivity contribution is 0.154. The third-order valence-corrected chi connectivity index (χ3v) is 2.79. The van der Waals surface area contributed by atoms with Crippen molar-refractivity contribution in [3.05, 3.63) is 0 Å². The van der Waals surface area contributed by atoms with Crippen LogP contribution in [0.25, 0.3) is 0 Å². The molecule has 0 aliphatic carbocycles. The first-order valence-electron chi connectivity index (χ1n) is 5.48. The van der Waals surface area contributed by atoms with E-state index in [2.05, 4.69) is 13.8 Å². The molecule has 1 unspecified atom stereocenters. The summed E-state index contributed by atoms with van der Waals surface area (Å²) in [5, 5.41) is 0. The van der Waals surface area contributed by atoms with Crippen molar-refractivity contribution in [1.82, 2.24) is 0 Å². The van der Waals surface area contributed by atoms with Crippen LogP contribution in [0.4, 0.5) is 0 Å². The van der Waals surface area contributed by atoms with Crippen molar-refractivity contribution in [3.63, 3.8) is 0 Å². The zero-order valence-corrected chi connectivity index (χ0v) is 10.4. The summed E-state index contributed by atoms with van der Waals surface area (Å²) in [6.45, 7) is 5.49. The Morgan fingerprint density at radius 2 is 1.64 bits per heavy atom. The Bertz CT molecular complexity index is 168. The van der Waals surface area contributed by atoms with Gasteiger partial charge in [0.2, 0.25) is 0 Å². The second-order valence-corrected chi connectivity index (χ2v) is 5.63. The van der Waals surface area contributed by atoms with Gasteiger partial charge in [0.25, 0.3) is 0 Å². The van der Waals surface area contributed by atoms with E-state index in [1.165, 1.54) is 6.66 Å². The molecular formula is C10H23O3P. The molecule has 3 nitrogen and oxygen atoms in total. The number of hydrogen-bond acceptors (Lipinski definition) is 2. The maximum absolute atomic E-state index is 11.1. The lowest BCUT2D eigenvalue weighted by atomic mass is 10.1. The highest BCUT2D eigenvalue weighted by Crippen LogP contribution is 2.40. The first-order valence-corrected chi connectivity index (χ1v) is 7.50. The maximum atomic E-state index is 11.1. The molecule has 0 bridgehead atoms. The van der Waals surface area contributed by atoms with Crippen molar-refractivity contribution in [2.45, 2.75) is 58.5 Å². The predicted octanol–water partition coefficient (Wildman–Crippen LogP) is 3.57. The van der Waals surface area contributed by atoms with Gasteiger partial charge >= 0.3 is 7.60 Å². The van der Waals surface area contributed by atoms with Crippen molar-refractivity contribution >= 4 is 7.60 Å². The topological polar surface area (TPSA) is 46.5 Å². The SMILES string of the molecule is CCCCC(CCCC)OP(C)(=O)O. The van der Waals surface area contributed by atoms with E-state index in [0.29, 0.717) is 0 Å². The van der Waals surface area contributed by atoms with Crippen LogP contribution in [0.5, 0.6) is 0 Å². The van der Waals surface area contributed by atoms with Crippen LogP contribution in [-0.4, -0.2) is 17.7 Å². The summed E-state index contributed by atoms with van der Waals surface area (Å²) in [5.74, 6) is 0. The maximum Gasteiger partial charge on any atom is 0.325 e. The van der Waals surface area contributed by atoms with Gasteiger partial charge in [0.05, 0.1) is 6.10 Å². The van der Waals surface area contributed by atoms with E-state index in [9.17, 15) is 4.57 Å². The second-order valence-electron chi connectivity index (χ2n) is 3.81. The largest absolute Gasteiger partial charge is 0.325 e. The van der Waals surface area contributed by atoms with Crippen molar-refractivity contribution in [3.8, 4) is 0 Å². The van der Waals surface area contributed by atoms with Gasteiger partial charge in [-0.1, -0.05) is 39.5 Å². The van der Waals surface area contributed by atoms with E-state index in [-0.39, 0.29) is 6.10 Å². The van der Waals surface area contributed by atoms with Crippen LogP contribution in [0.1, 0.15) is 52.4 Å². The van der Waals surface area contributed by atoms with Crippen molar-refractivity contribution in [2.75, 3.05) is 6.66 Å². The van der Waals surface area contributed by atoms with Gasteiger partial charge in [-0.2, -0.15) is 0 Å². The Balaban J connectivity index is 3.90. The molecule has 0 aromatic rings. The first kappa shape index (κ1) is 14.2. The smallest absolute Gasteiger partial charge is 0.324 e. The van der Waals surface area contributed by atoms with Crippen LogP contribution in [0.15, 0.2) is 0 Å². The number of hydrogen-bond donors (Lipinski definition) is 1. The van der Waals surface area contributed by atoms with E-state index < -0.39 is 7.60 Å². The average Bonchev–Trinajstić information content (AvgIpc) is 2.07. The quantitative estimate of drug-likeness (QED) is 0.638. The Labute approximate surface area is 87.4 Å². The molecule has 14 heavy (non-hydrogen) atoms. The number of unbranched alkanes of at least 4 members (excludes halogenated alkanes) is 2. The zero-order chi connectivity index (χ0) is 11.0. The molecule has 86 valence electrons. The first-order chi connectivity index (χ1) is 6.49. The van der Waals surface area contributed by atoms with Gasteiger partial charge in [0, 0.05) is 6.66 Å². The molecule has 0 amide bonds. The molecule has 0 saturated heterocycles. The van der Waals surface area contributed by atoms with Crippen LogP contribution < -0.4 is 0 Å². The summed E-state index contributed by atoms with van der Waals surface area (Å²) >= 11 is 0. The van der Waals surface area contributed by atoms with Gasteiger partial charge in [0.15, 0.2) is 0 Å². The molecule has 1 N–H and O–H groups in total. The highest BCUT2D eigenvalue weighted by molar-refractivity contribution is 7.51. The lowest BCUT2D eigenvalue weighted by Crippen LogP contribution is -2.11. The van der Waals surface area contributed by atoms with Crippen LogP contribution in [0, 0.1) is 0 Å². The summed E-state index contributed by atoms with van der Waals surface area (Å²) in [6.07, 6.45) is 6.10. The molecular weight excluding hydrogens is 199 g/mol. The highest BCUT2D eigenvalue weighted by Gasteiger charge is 2.18. The minimum Gasteiger partial charge on any atom is -0.324 e. The van der Waals surface area contributed by atoms with Gasteiger partial charge in [-0.25, -0.2) is 0 Å². The van der Waals surface area contributed by atoms with Crippen LogP contribution in [0.3, 0.4) is 0 Å². The minimum absolute atomic E-state index is 0.0317. The molecule has 0 aliphatic heterocycles. The molecule has 0 saturated carbocycles. The average molecular weight is 222 g/mol. The summed E-state index contributed by atoms with van der Waals surface area (Å²) in [7, 11) is -3.30. The van der Waals surface area contributed by atoms with Crippen LogP contribution in [0.2, 0.25) is 0 Å². The zero-order valence-electron chi connectivity index (χ0n) is 9.53. The normalized spacial score (nSPS) is 15.8. The Morgan fingerprint density at radius 1 is 1.21 bits per heavy atom. The molecule has 0 rings (SSSR count). The second kappa shape index (κ2) is 7.44. The molecule has 0 spiro atoms. The number of rotatable bonds is 8. The molecule has 0 radical (unpaired) electrons. The molecule has 0 heterocycles. The molecule has 1 atom stereocenters. The Kier molecular flexibility index (Phi) is 7.52. The fourth-order valence-corrected chi connectivity index (χ4v) is 2.15. The lowest BCUT2D eigenvalue weighted by Gasteiger charge is -2.18. The highest BCUT2D eigenvalue weighted by atomic mass is 31.2. The Hall–Kier alpha value is 0.150. The minimum atomic E-state index is -3.30. The standard InChI is InChI=1S/C10H23O3P/c1-4-6-8-10(9-7-5-2)13-14(3,11)12/h10H,4-9H2,1-3H3,(H,11,12). The van der Waals surface area contributed by atoms with E-state index in [4.69, 9.17) is 9.42 Å². The van der Waals surface area contributed by atoms with E-state index in [0.717, 1.165) is 38.5 Å². The van der Waals surface area contributed by atoms with Crippen LogP contribution in [-0.2, 0) is 9.09 Å². The summed E-state index contributed by atoms with van der Waals surface area (Å²) in [4.78, 5) is 9.12. The monoisotopic (exact) mass is 222 g/mol. The van der Waals surface area contributed by atoms with E-state index in [1.807, 2.05) is 0 Å². The van der Waals surface area contributed by atoms with Crippen LogP contribution >= 0.6 is 7.60 Å². The van der Waals surface area contributed by atoms with E-state index >= 15 is 0 Å². The Morgan fingerprint density at radius 3 is 1.93 bits per heavy atom. The van der Waals surface area contributed by atoms with Crippen molar-refractivity contribution in [1.29, 1.82) is 0 Å². The summed E-state index contributed by atoms with van der Waals surface area (Å²) in [5.41, 5.74) is 0. The van der Waals surface area contributed by atoms with Gasteiger partial charge < -0.3 is 9.42 Å². The third-order valence-electron chi connectivity index (χ3n) is 2.10. The fourth-order valence-electron chi connectivity index (χ4n) is 1.39. The third kappa shape index (κ3) is 8.74. The molecule has 0 aromatic heterocycles. The fraction of sp³-hybridized carbons (Fsp3) is 1.00. The molecule has 0 fully saturated rings. The van der Waals surface area contributed by atoms with Gasteiger partial charge in [-0.05, 0) is 12.8 Å². The summed E-state index contributed by atoms with van der Waals surface area (Å²) < 4.78 is 16.2. The van der Waals surface area contributed by atoms with Gasteiger partial charge in [-0.15, -0.1) is 0 Å². The summed E-state index contributed by atoms with van der Waals surface area (Å²) in [6, 6.07) is 0. The van der Waals surface area contributed by atoms with E-state index in [1.54, 1.807) is 0 Å². The van der Waals surface area contributed by atoms with Crippen molar-refractivity contribution < 1.29 is 14.0 Å². The molecule has 4 heteroatoms. The predicted molar refractivity (Wildman–Crippen MR) is 59.7 cm³/mol. The van der Waals surface area contributed by atoms with Crippen molar-refractivity contribution in [2.24, 2.45) is 0 Å². The van der Waals surface area contributed by atoms with Gasteiger partial charge in [-0.3, -0.25) is 4.57 Å².